The van der Waals surface area contributed by atoms with E-state index in [0.29, 0.717) is 0 Å². The first-order valence-corrected chi connectivity index (χ1v) is 8.82. The molecule has 0 spiro atoms. The molecule has 1 aliphatic heterocycles. The topological polar surface area (TPSA) is 86.1 Å². The van der Waals surface area contributed by atoms with Crippen LogP contribution >= 0.6 is 0 Å². The molecule has 0 radical (unpaired) electrons. The first-order chi connectivity index (χ1) is 11.1. The molecule has 0 atom stereocenters. The van der Waals surface area contributed by atoms with Crippen LogP contribution in [-0.4, -0.2) is 26.5 Å². The first kappa shape index (κ1) is 15.3. The molecule has 0 bridgehead atoms. The molecule has 2 aromatic rings. The molecule has 0 saturated carbocycles. The minimum absolute atomic E-state index is 0.0701. The summed E-state index contributed by atoms with van der Waals surface area (Å²) >= 11 is 0. The largest absolute Gasteiger partial charge is 0.370 e. The molecule has 3 rings (SSSR count). The molecule has 6 nitrogen and oxygen atoms in total. The van der Waals surface area contributed by atoms with E-state index in [1.807, 2.05) is 0 Å². The zero-order chi connectivity index (χ0) is 16.3. The maximum absolute atomic E-state index is 12.4. The third-order valence-corrected chi connectivity index (χ3v) is 5.13. The maximum atomic E-state index is 12.4. The maximum Gasteiger partial charge on any atom is 0.263 e. The molecule has 1 saturated heterocycles. The van der Waals surface area contributed by atoms with Gasteiger partial charge in [-0.25, -0.2) is 13.4 Å². The Labute approximate surface area is 135 Å². The Balaban J connectivity index is 1.97. The number of hydrogen-bond donors (Lipinski definition) is 1. The van der Waals surface area contributed by atoms with Crippen molar-refractivity contribution in [3.8, 4) is 6.07 Å². The fourth-order valence-corrected chi connectivity index (χ4v) is 3.69. The highest BCUT2D eigenvalue weighted by Gasteiger charge is 2.22. The smallest absolute Gasteiger partial charge is 0.263 e. The van der Waals surface area contributed by atoms with Crippen LogP contribution in [-0.2, 0) is 10.0 Å². The van der Waals surface area contributed by atoms with Crippen LogP contribution in [0.1, 0.15) is 18.4 Å². The molecule has 1 aromatic carbocycles. The van der Waals surface area contributed by atoms with E-state index >= 15 is 0 Å². The van der Waals surface area contributed by atoms with Gasteiger partial charge in [-0.2, -0.15) is 5.26 Å². The van der Waals surface area contributed by atoms with E-state index in [1.165, 1.54) is 18.3 Å². The van der Waals surface area contributed by atoms with E-state index in [4.69, 9.17) is 0 Å². The minimum atomic E-state index is -3.77. The van der Waals surface area contributed by atoms with Crippen molar-refractivity contribution >= 4 is 21.5 Å². The Bertz CT molecular complexity index is 838. The van der Waals surface area contributed by atoms with Crippen molar-refractivity contribution in [3.63, 3.8) is 0 Å². The predicted octanol–water partition coefficient (Wildman–Crippen LogP) is 2.35. The van der Waals surface area contributed by atoms with Gasteiger partial charge in [0.05, 0.1) is 10.6 Å². The van der Waals surface area contributed by atoms with Gasteiger partial charge in [-0.15, -0.1) is 0 Å². The van der Waals surface area contributed by atoms with E-state index < -0.39 is 10.0 Å². The lowest BCUT2D eigenvalue weighted by atomic mass is 10.2. The van der Waals surface area contributed by atoms with Gasteiger partial charge in [-0.05, 0) is 31.0 Å². The van der Waals surface area contributed by atoms with Crippen molar-refractivity contribution in [3.05, 3.63) is 48.2 Å². The number of pyridine rings is 1. The molecular formula is C16H16N4O2S. The van der Waals surface area contributed by atoms with Crippen molar-refractivity contribution in [2.45, 2.75) is 17.7 Å². The first-order valence-electron chi connectivity index (χ1n) is 7.34. The van der Waals surface area contributed by atoms with Crippen molar-refractivity contribution in [2.75, 3.05) is 22.7 Å². The second-order valence-corrected chi connectivity index (χ2v) is 6.96. The van der Waals surface area contributed by atoms with Crippen LogP contribution in [0.4, 0.5) is 11.5 Å². The van der Waals surface area contributed by atoms with Gasteiger partial charge in [0.25, 0.3) is 10.0 Å². The molecule has 2 heterocycles. The summed E-state index contributed by atoms with van der Waals surface area (Å²) in [7, 11) is -3.77. The number of hydrogen-bond acceptors (Lipinski definition) is 5. The molecular weight excluding hydrogens is 312 g/mol. The van der Waals surface area contributed by atoms with Crippen LogP contribution in [0, 0.1) is 11.3 Å². The molecule has 1 fully saturated rings. The van der Waals surface area contributed by atoms with E-state index in [-0.39, 0.29) is 16.3 Å². The van der Waals surface area contributed by atoms with Gasteiger partial charge in [-0.3, -0.25) is 4.72 Å². The summed E-state index contributed by atoms with van der Waals surface area (Å²) < 4.78 is 27.3. The Morgan fingerprint density at radius 2 is 1.83 bits per heavy atom. The number of nitrogens with zero attached hydrogens (tertiary/aromatic N) is 3. The number of nitriles is 1. The molecule has 118 valence electrons. The Morgan fingerprint density at radius 3 is 2.48 bits per heavy atom. The van der Waals surface area contributed by atoms with Crippen LogP contribution < -0.4 is 9.62 Å². The summed E-state index contributed by atoms with van der Waals surface area (Å²) in [4.78, 5) is 6.27. The average Bonchev–Trinajstić information content (AvgIpc) is 3.09. The summed E-state index contributed by atoms with van der Waals surface area (Å²) in [6, 6.07) is 11.9. The zero-order valence-corrected chi connectivity index (χ0v) is 13.3. The molecule has 7 heteroatoms. The third kappa shape index (κ3) is 3.12. The minimum Gasteiger partial charge on any atom is -0.370 e. The van der Waals surface area contributed by atoms with Crippen molar-refractivity contribution in [1.29, 1.82) is 5.26 Å². The van der Waals surface area contributed by atoms with Gasteiger partial charge in [0.1, 0.15) is 11.6 Å². The van der Waals surface area contributed by atoms with Crippen LogP contribution in [0.5, 0.6) is 0 Å². The second-order valence-electron chi connectivity index (χ2n) is 5.28. The normalized spacial score (nSPS) is 14.5. The average molecular weight is 328 g/mol. The number of nitrogens with one attached hydrogen (secondary N) is 1. The van der Waals surface area contributed by atoms with Crippen molar-refractivity contribution in [1.82, 2.24) is 4.98 Å². The van der Waals surface area contributed by atoms with Crippen LogP contribution in [0.3, 0.4) is 0 Å². The highest BCUT2D eigenvalue weighted by atomic mass is 32.2. The third-order valence-electron chi connectivity index (χ3n) is 3.77. The second kappa shape index (κ2) is 6.26. The van der Waals surface area contributed by atoms with Crippen LogP contribution in [0.2, 0.25) is 0 Å². The predicted molar refractivity (Wildman–Crippen MR) is 87.6 cm³/mol. The van der Waals surface area contributed by atoms with Gasteiger partial charge < -0.3 is 4.90 Å². The molecule has 1 aromatic heterocycles. The summed E-state index contributed by atoms with van der Waals surface area (Å²) in [5, 5.41) is 9.48. The zero-order valence-electron chi connectivity index (χ0n) is 12.4. The number of anilines is 2. The summed E-state index contributed by atoms with van der Waals surface area (Å²) in [6.07, 6.45) is 3.66. The SMILES string of the molecule is N#Cc1c(N2CCCC2)ccnc1NS(=O)(=O)c1ccccc1. The Hall–Kier alpha value is -2.59. The highest BCUT2D eigenvalue weighted by molar-refractivity contribution is 7.92. The Kier molecular flexibility index (Phi) is 4.17. The Morgan fingerprint density at radius 1 is 1.13 bits per heavy atom. The number of sulfonamides is 1. The molecule has 0 aliphatic carbocycles. The molecule has 1 N–H and O–H groups in total. The molecule has 23 heavy (non-hydrogen) atoms. The van der Waals surface area contributed by atoms with E-state index in [9.17, 15) is 13.7 Å². The molecule has 0 unspecified atom stereocenters. The summed E-state index contributed by atoms with van der Waals surface area (Å²) in [6.45, 7) is 1.73. The van der Waals surface area contributed by atoms with E-state index in [2.05, 4.69) is 20.7 Å². The van der Waals surface area contributed by atoms with E-state index in [1.54, 1.807) is 24.3 Å². The number of benzene rings is 1. The van der Waals surface area contributed by atoms with Gasteiger partial charge in [-0.1, -0.05) is 18.2 Å². The van der Waals surface area contributed by atoms with Gasteiger partial charge in [0, 0.05) is 19.3 Å². The summed E-state index contributed by atoms with van der Waals surface area (Å²) in [5.74, 6) is 0.0701. The lowest BCUT2D eigenvalue weighted by Crippen LogP contribution is -2.21. The van der Waals surface area contributed by atoms with Crippen molar-refractivity contribution < 1.29 is 8.42 Å². The van der Waals surface area contributed by atoms with Gasteiger partial charge in [0.2, 0.25) is 0 Å². The van der Waals surface area contributed by atoms with Gasteiger partial charge in [0.15, 0.2) is 5.82 Å². The lowest BCUT2D eigenvalue weighted by molar-refractivity contribution is 0.601. The lowest BCUT2D eigenvalue weighted by Gasteiger charge is -2.20. The number of aromatic nitrogens is 1. The molecule has 0 amide bonds. The fraction of sp³-hybridized carbons (Fsp3) is 0.250. The fourth-order valence-electron chi connectivity index (χ4n) is 2.65. The standard InChI is InChI=1S/C16H16N4O2S/c17-12-14-15(20-10-4-5-11-20)8-9-18-16(14)19-23(21,22)13-6-2-1-3-7-13/h1-3,6-9H,4-5,10-11H2,(H,18,19). The number of rotatable bonds is 4. The van der Waals surface area contributed by atoms with Crippen LogP contribution in [0.15, 0.2) is 47.5 Å². The summed E-state index contributed by atoms with van der Waals surface area (Å²) in [5.41, 5.74) is 0.986. The van der Waals surface area contributed by atoms with Gasteiger partial charge >= 0.3 is 0 Å². The monoisotopic (exact) mass is 328 g/mol. The van der Waals surface area contributed by atoms with Crippen LogP contribution in [0.25, 0.3) is 0 Å². The van der Waals surface area contributed by atoms with E-state index in [0.717, 1.165) is 31.6 Å². The highest BCUT2D eigenvalue weighted by Crippen LogP contribution is 2.29. The van der Waals surface area contributed by atoms with Crippen molar-refractivity contribution in [2.24, 2.45) is 0 Å². The quantitative estimate of drug-likeness (QED) is 0.931. The molecule has 1 aliphatic rings.